The highest BCUT2D eigenvalue weighted by Crippen LogP contribution is 2.30. The molecule has 3 rings (SSSR count). The lowest BCUT2D eigenvalue weighted by molar-refractivity contribution is -0.124. The Morgan fingerprint density at radius 1 is 1.24 bits per heavy atom. The third-order valence-corrected chi connectivity index (χ3v) is 4.00. The topological polar surface area (TPSA) is 92.8 Å². The summed E-state index contributed by atoms with van der Waals surface area (Å²) in [4.78, 5) is 15.1. The van der Waals surface area contributed by atoms with E-state index in [1.165, 1.54) is 0 Å². The van der Waals surface area contributed by atoms with Crippen LogP contribution in [0.1, 0.15) is 12.5 Å². The van der Waals surface area contributed by atoms with Crippen LogP contribution in [0.2, 0.25) is 5.02 Å². The number of aromatic amines is 1. The molecule has 1 amide bonds. The summed E-state index contributed by atoms with van der Waals surface area (Å²) in [5.41, 5.74) is 6.74. The van der Waals surface area contributed by atoms with Gasteiger partial charge in [0, 0.05) is 15.8 Å². The summed E-state index contributed by atoms with van der Waals surface area (Å²) in [6.45, 7) is 3.48. The van der Waals surface area contributed by atoms with Gasteiger partial charge in [0.1, 0.15) is 11.6 Å². The molecule has 128 valence electrons. The minimum absolute atomic E-state index is 0.441. The molecule has 0 fully saturated rings. The number of hydrogen-bond donors (Lipinski definition) is 2. The number of aryl methyl sites for hydroxylation is 1. The van der Waals surface area contributed by atoms with Crippen LogP contribution >= 0.6 is 11.6 Å². The van der Waals surface area contributed by atoms with E-state index in [2.05, 4.69) is 15.2 Å². The number of rotatable bonds is 4. The number of carbonyl (C=O) groups is 1. The number of H-pyrrole nitrogens is 1. The second-order valence-corrected chi connectivity index (χ2v) is 6.08. The van der Waals surface area contributed by atoms with Gasteiger partial charge in [-0.25, -0.2) is 0 Å². The van der Waals surface area contributed by atoms with Crippen molar-refractivity contribution in [2.45, 2.75) is 20.0 Å². The summed E-state index contributed by atoms with van der Waals surface area (Å²) in [7, 11) is 0. The SMILES string of the molecule is Cc1cc(Cl)ccc1OC(C)C(=O)N=Nc1[nH]c(N)c2ccccc12. The standard InChI is InChI=1S/C18H17ClN4O2/c1-10-9-12(19)7-8-15(10)25-11(2)18(24)23-22-17-14-6-4-3-5-13(14)16(20)21-17/h3-9,11,21H,20H2,1-2H3. The molecule has 0 saturated carbocycles. The number of amides is 1. The molecule has 0 aliphatic carbocycles. The van der Waals surface area contributed by atoms with E-state index in [-0.39, 0.29) is 0 Å². The van der Waals surface area contributed by atoms with Crippen molar-refractivity contribution in [3.63, 3.8) is 0 Å². The van der Waals surface area contributed by atoms with Crippen LogP contribution in [0.15, 0.2) is 52.7 Å². The molecule has 3 aromatic rings. The summed E-state index contributed by atoms with van der Waals surface area (Å²) in [6.07, 6.45) is -0.776. The zero-order valence-corrected chi connectivity index (χ0v) is 14.5. The maximum atomic E-state index is 12.2. The fraction of sp³-hybridized carbons (Fsp3) is 0.167. The Morgan fingerprint density at radius 3 is 2.68 bits per heavy atom. The van der Waals surface area contributed by atoms with Gasteiger partial charge in [0.15, 0.2) is 11.9 Å². The van der Waals surface area contributed by atoms with Crippen LogP contribution in [0.4, 0.5) is 11.6 Å². The Bertz CT molecular complexity index is 965. The summed E-state index contributed by atoms with van der Waals surface area (Å²) in [5.74, 6) is 1.01. The summed E-state index contributed by atoms with van der Waals surface area (Å²) < 4.78 is 5.65. The first-order valence-corrected chi connectivity index (χ1v) is 8.08. The third kappa shape index (κ3) is 3.64. The van der Waals surface area contributed by atoms with Crippen LogP contribution in [-0.4, -0.2) is 17.0 Å². The van der Waals surface area contributed by atoms with Crippen molar-refractivity contribution in [1.82, 2.24) is 4.98 Å². The lowest BCUT2D eigenvalue weighted by atomic mass is 10.2. The summed E-state index contributed by atoms with van der Waals surface area (Å²) in [5, 5.41) is 10.00. The van der Waals surface area contributed by atoms with E-state index in [4.69, 9.17) is 22.1 Å². The largest absolute Gasteiger partial charge is 0.480 e. The van der Waals surface area contributed by atoms with Crippen molar-refractivity contribution in [3.05, 3.63) is 53.1 Å². The molecular formula is C18H17ClN4O2. The first-order valence-electron chi connectivity index (χ1n) is 7.70. The van der Waals surface area contributed by atoms with Crippen LogP contribution in [0, 0.1) is 6.92 Å². The van der Waals surface area contributed by atoms with Crippen molar-refractivity contribution in [3.8, 4) is 5.75 Å². The fourth-order valence-electron chi connectivity index (χ4n) is 2.43. The molecule has 1 heterocycles. The van der Waals surface area contributed by atoms with Gasteiger partial charge in [-0.1, -0.05) is 35.9 Å². The second-order valence-electron chi connectivity index (χ2n) is 5.64. The minimum Gasteiger partial charge on any atom is -0.480 e. The molecule has 3 N–H and O–H groups in total. The van der Waals surface area contributed by atoms with Gasteiger partial charge >= 0.3 is 5.91 Å². The van der Waals surface area contributed by atoms with Gasteiger partial charge in [-0.05, 0) is 37.6 Å². The van der Waals surface area contributed by atoms with Crippen LogP contribution in [0.25, 0.3) is 10.8 Å². The molecule has 0 radical (unpaired) electrons. The van der Waals surface area contributed by atoms with Gasteiger partial charge < -0.3 is 15.5 Å². The van der Waals surface area contributed by atoms with E-state index in [9.17, 15) is 4.79 Å². The molecule has 6 nitrogen and oxygen atoms in total. The van der Waals surface area contributed by atoms with Gasteiger partial charge in [0.25, 0.3) is 0 Å². The molecule has 0 aliphatic rings. The summed E-state index contributed by atoms with van der Waals surface area (Å²) >= 11 is 5.91. The lowest BCUT2D eigenvalue weighted by Crippen LogP contribution is -2.22. The number of anilines is 1. The van der Waals surface area contributed by atoms with Gasteiger partial charge in [-0.15, -0.1) is 10.2 Å². The average molecular weight is 357 g/mol. The van der Waals surface area contributed by atoms with E-state index in [0.717, 1.165) is 16.3 Å². The zero-order chi connectivity index (χ0) is 18.0. The van der Waals surface area contributed by atoms with Crippen molar-refractivity contribution < 1.29 is 9.53 Å². The number of aromatic nitrogens is 1. The maximum Gasteiger partial charge on any atom is 0.304 e. The van der Waals surface area contributed by atoms with Crippen LogP contribution < -0.4 is 10.5 Å². The van der Waals surface area contributed by atoms with Crippen LogP contribution in [-0.2, 0) is 4.79 Å². The predicted molar refractivity (Wildman–Crippen MR) is 98.5 cm³/mol. The Morgan fingerprint density at radius 2 is 1.96 bits per heavy atom. The first-order chi connectivity index (χ1) is 12.0. The number of nitrogens with zero attached hydrogens (tertiary/aromatic N) is 2. The molecule has 1 unspecified atom stereocenters. The number of fused-ring (bicyclic) bond motifs is 1. The molecule has 2 aromatic carbocycles. The van der Waals surface area contributed by atoms with E-state index in [1.807, 2.05) is 31.2 Å². The first kappa shape index (κ1) is 17.0. The molecule has 7 heteroatoms. The number of nitrogens with one attached hydrogen (secondary N) is 1. The second kappa shape index (κ2) is 6.94. The van der Waals surface area contributed by atoms with E-state index < -0.39 is 12.0 Å². The predicted octanol–water partition coefficient (Wildman–Crippen LogP) is 4.79. The molecule has 0 spiro atoms. The fourth-order valence-corrected chi connectivity index (χ4v) is 2.66. The van der Waals surface area contributed by atoms with E-state index >= 15 is 0 Å². The van der Waals surface area contributed by atoms with Gasteiger partial charge in [0.2, 0.25) is 0 Å². The van der Waals surface area contributed by atoms with Crippen molar-refractivity contribution >= 4 is 39.9 Å². The number of azo groups is 1. The molecular weight excluding hydrogens is 340 g/mol. The third-order valence-electron chi connectivity index (χ3n) is 3.76. The number of ether oxygens (including phenoxy) is 1. The Kier molecular flexibility index (Phi) is 4.72. The van der Waals surface area contributed by atoms with Gasteiger partial charge in [0.05, 0.1) is 0 Å². The smallest absolute Gasteiger partial charge is 0.304 e. The monoisotopic (exact) mass is 356 g/mol. The van der Waals surface area contributed by atoms with Crippen LogP contribution in [0.5, 0.6) is 5.75 Å². The summed E-state index contributed by atoms with van der Waals surface area (Å²) in [6, 6.07) is 12.7. The quantitative estimate of drug-likeness (QED) is 0.658. The van der Waals surface area contributed by atoms with Crippen molar-refractivity contribution in [2.75, 3.05) is 5.73 Å². The number of hydrogen-bond acceptors (Lipinski definition) is 4. The highest BCUT2D eigenvalue weighted by atomic mass is 35.5. The number of nitrogens with two attached hydrogens (primary N) is 1. The number of benzene rings is 2. The number of nitrogen functional groups attached to an aromatic ring is 1. The van der Waals surface area contributed by atoms with E-state index in [0.29, 0.717) is 22.4 Å². The molecule has 25 heavy (non-hydrogen) atoms. The minimum atomic E-state index is -0.776. The molecule has 1 aromatic heterocycles. The molecule has 0 bridgehead atoms. The molecule has 1 atom stereocenters. The van der Waals surface area contributed by atoms with Gasteiger partial charge in [-0.3, -0.25) is 4.79 Å². The average Bonchev–Trinajstić information content (AvgIpc) is 2.91. The maximum absolute atomic E-state index is 12.2. The highest BCUT2D eigenvalue weighted by molar-refractivity contribution is 6.30. The van der Waals surface area contributed by atoms with E-state index in [1.54, 1.807) is 25.1 Å². The molecule has 0 saturated heterocycles. The van der Waals surface area contributed by atoms with Gasteiger partial charge in [-0.2, -0.15) is 0 Å². The molecule has 0 aliphatic heterocycles. The Hall–Kier alpha value is -2.86. The Balaban J connectivity index is 1.75. The lowest BCUT2D eigenvalue weighted by Gasteiger charge is -2.13. The number of halogens is 1. The van der Waals surface area contributed by atoms with Crippen molar-refractivity contribution in [2.24, 2.45) is 10.2 Å². The Labute approximate surface area is 149 Å². The zero-order valence-electron chi connectivity index (χ0n) is 13.8. The number of carbonyl (C=O) groups excluding carboxylic acids is 1. The highest BCUT2D eigenvalue weighted by Gasteiger charge is 2.16. The normalized spacial score (nSPS) is 12.6. The van der Waals surface area contributed by atoms with Crippen molar-refractivity contribution in [1.29, 1.82) is 0 Å². The van der Waals surface area contributed by atoms with Crippen LogP contribution in [0.3, 0.4) is 0 Å².